The molecule has 14 nitrogen and oxygen atoms in total. The first-order chi connectivity index (χ1) is 20.7. The molecule has 3 N–H and O–H groups in total. The number of sulfonamides is 1. The summed E-state index contributed by atoms with van der Waals surface area (Å²) < 4.78 is 41.5. The van der Waals surface area contributed by atoms with Crippen molar-refractivity contribution >= 4 is 27.5 Å². The normalized spacial score (nSPS) is 18.0. The Morgan fingerprint density at radius 1 is 1.16 bits per heavy atom. The van der Waals surface area contributed by atoms with Crippen LogP contribution in [0.5, 0.6) is 5.88 Å². The summed E-state index contributed by atoms with van der Waals surface area (Å²) in [6.45, 7) is 7.65. The minimum atomic E-state index is -3.95. The molecule has 2 fully saturated rings. The van der Waals surface area contributed by atoms with Gasteiger partial charge in [0.2, 0.25) is 15.9 Å². The molecule has 0 bridgehead atoms. The second-order valence-electron chi connectivity index (χ2n) is 10.3. The van der Waals surface area contributed by atoms with E-state index in [1.165, 1.54) is 16.6 Å². The number of carbonyl (C=O) groups is 2. The third kappa shape index (κ3) is 6.69. The second-order valence-corrected chi connectivity index (χ2v) is 12.2. The zero-order valence-electron chi connectivity index (χ0n) is 24.2. The van der Waals surface area contributed by atoms with Crippen molar-refractivity contribution in [1.29, 1.82) is 0 Å². The SMILES string of the molecule is CCc1c(NC(=O)c2cc(S(=O)(=O)N3CCN(CC)CC3)cnc2O[C@@H]2CCOC2)c(C(N)=O)nn1Cc1ccccn1. The van der Waals surface area contributed by atoms with E-state index in [1.54, 1.807) is 16.9 Å². The van der Waals surface area contributed by atoms with Gasteiger partial charge in [-0.1, -0.05) is 19.9 Å². The Bertz CT molecular complexity index is 1570. The monoisotopic (exact) mass is 612 g/mol. The maximum absolute atomic E-state index is 13.9. The summed E-state index contributed by atoms with van der Waals surface area (Å²) in [4.78, 5) is 36.9. The molecule has 2 saturated heterocycles. The molecular weight excluding hydrogens is 576 g/mol. The Morgan fingerprint density at radius 3 is 2.58 bits per heavy atom. The van der Waals surface area contributed by atoms with Gasteiger partial charge < -0.3 is 25.4 Å². The van der Waals surface area contributed by atoms with Gasteiger partial charge in [0.05, 0.1) is 43.0 Å². The van der Waals surface area contributed by atoms with E-state index < -0.39 is 21.8 Å². The van der Waals surface area contributed by atoms with E-state index >= 15 is 0 Å². The van der Waals surface area contributed by atoms with Crippen molar-refractivity contribution in [2.75, 3.05) is 51.3 Å². The molecule has 2 aliphatic heterocycles. The summed E-state index contributed by atoms with van der Waals surface area (Å²) in [7, 11) is -3.95. The first-order valence-corrected chi connectivity index (χ1v) is 15.7. The number of hydrogen-bond donors (Lipinski definition) is 2. The third-order valence-corrected chi connectivity index (χ3v) is 9.42. The lowest BCUT2D eigenvalue weighted by molar-refractivity contribution is 0.0995. The topological polar surface area (TPSA) is 175 Å². The fourth-order valence-electron chi connectivity index (χ4n) is 5.15. The average Bonchev–Trinajstić information content (AvgIpc) is 3.65. The van der Waals surface area contributed by atoms with Gasteiger partial charge >= 0.3 is 0 Å². The number of hydrogen-bond acceptors (Lipinski definition) is 10. The highest BCUT2D eigenvalue weighted by molar-refractivity contribution is 7.89. The molecule has 0 aromatic carbocycles. The third-order valence-electron chi connectivity index (χ3n) is 7.56. The molecule has 2 aliphatic rings. The van der Waals surface area contributed by atoms with Crippen LogP contribution < -0.4 is 15.8 Å². The van der Waals surface area contributed by atoms with Gasteiger partial charge in [-0.25, -0.2) is 13.4 Å². The van der Waals surface area contributed by atoms with Crippen LogP contribution in [0, 0.1) is 0 Å². The van der Waals surface area contributed by atoms with Gasteiger partial charge in [-0.3, -0.25) is 19.3 Å². The van der Waals surface area contributed by atoms with E-state index in [9.17, 15) is 18.0 Å². The number of ether oxygens (including phenoxy) is 2. The van der Waals surface area contributed by atoms with Crippen LogP contribution in [0.3, 0.4) is 0 Å². The zero-order valence-corrected chi connectivity index (χ0v) is 25.0. The lowest BCUT2D eigenvalue weighted by atomic mass is 10.2. The number of piperazine rings is 1. The summed E-state index contributed by atoms with van der Waals surface area (Å²) in [5, 5.41) is 7.14. The number of rotatable bonds is 11. The molecular formula is C28H36N8O6S. The summed E-state index contributed by atoms with van der Waals surface area (Å²) in [6.07, 6.45) is 3.51. The summed E-state index contributed by atoms with van der Waals surface area (Å²) in [5.41, 5.74) is 6.81. The number of primary amides is 1. The van der Waals surface area contributed by atoms with E-state index in [1.807, 2.05) is 26.0 Å². The molecule has 230 valence electrons. The van der Waals surface area contributed by atoms with E-state index in [4.69, 9.17) is 15.2 Å². The number of nitrogens with two attached hydrogens (primary N) is 1. The molecule has 43 heavy (non-hydrogen) atoms. The number of carbonyl (C=O) groups excluding carboxylic acids is 2. The fourth-order valence-corrected chi connectivity index (χ4v) is 6.54. The Morgan fingerprint density at radius 2 is 1.95 bits per heavy atom. The van der Waals surface area contributed by atoms with Crippen LogP contribution >= 0.6 is 0 Å². The van der Waals surface area contributed by atoms with Crippen LogP contribution in [0.4, 0.5) is 5.69 Å². The number of aromatic nitrogens is 4. The quantitative estimate of drug-likeness (QED) is 0.319. The standard InChI is InChI=1S/C28H36N8O6S/c1-3-23-24(25(26(29)37)33-36(23)17-19-7-5-6-9-30-19)32-27(38)22-15-21(16-31-28(22)42-20-8-14-41-18-20)43(39,40)35-12-10-34(4-2)11-13-35/h5-7,9,15-16,20H,3-4,8,10-14,17-18H2,1-2H3,(H2,29,37)(H,32,38)/t20-/m1/s1. The molecule has 5 rings (SSSR count). The van der Waals surface area contributed by atoms with Crippen molar-refractivity contribution in [2.45, 2.75) is 44.2 Å². The molecule has 0 spiro atoms. The predicted octanol–water partition coefficient (Wildman–Crippen LogP) is 1.13. The highest BCUT2D eigenvalue weighted by atomic mass is 32.2. The van der Waals surface area contributed by atoms with E-state index in [-0.39, 0.29) is 40.4 Å². The first kappa shape index (κ1) is 30.5. The molecule has 15 heteroatoms. The number of nitrogens with zero attached hydrogens (tertiary/aromatic N) is 6. The smallest absolute Gasteiger partial charge is 0.271 e. The number of anilines is 1. The largest absolute Gasteiger partial charge is 0.471 e. The maximum Gasteiger partial charge on any atom is 0.271 e. The molecule has 3 aromatic rings. The van der Waals surface area contributed by atoms with Crippen molar-refractivity contribution in [3.63, 3.8) is 0 Å². The van der Waals surface area contributed by atoms with Gasteiger partial charge in [0, 0.05) is 38.8 Å². The van der Waals surface area contributed by atoms with Crippen molar-refractivity contribution < 1.29 is 27.5 Å². The van der Waals surface area contributed by atoms with Gasteiger partial charge in [0.1, 0.15) is 16.6 Å². The lowest BCUT2D eigenvalue weighted by Gasteiger charge is -2.33. The van der Waals surface area contributed by atoms with Crippen LogP contribution in [0.25, 0.3) is 0 Å². The number of likely N-dealkylation sites (N-methyl/N-ethyl adjacent to an activating group) is 1. The van der Waals surface area contributed by atoms with Crippen LogP contribution in [0.1, 0.15) is 52.5 Å². The minimum absolute atomic E-state index is 0.0395. The molecule has 5 heterocycles. The molecule has 0 unspecified atom stereocenters. The summed E-state index contributed by atoms with van der Waals surface area (Å²) in [6, 6.07) is 6.71. The Labute approximate surface area is 250 Å². The summed E-state index contributed by atoms with van der Waals surface area (Å²) >= 11 is 0. The van der Waals surface area contributed by atoms with Crippen LogP contribution in [-0.4, -0.2) is 101 Å². The Kier molecular flexibility index (Phi) is 9.34. The highest BCUT2D eigenvalue weighted by Gasteiger charge is 2.32. The lowest BCUT2D eigenvalue weighted by Crippen LogP contribution is -2.48. The van der Waals surface area contributed by atoms with Gasteiger partial charge in [-0.2, -0.15) is 9.40 Å². The van der Waals surface area contributed by atoms with Gasteiger partial charge in [-0.15, -0.1) is 0 Å². The second kappa shape index (κ2) is 13.2. The van der Waals surface area contributed by atoms with E-state index in [0.717, 1.165) is 6.54 Å². The molecule has 0 aliphatic carbocycles. The molecule has 1 atom stereocenters. The van der Waals surface area contributed by atoms with E-state index in [0.29, 0.717) is 63.6 Å². The Balaban J connectivity index is 1.49. The first-order valence-electron chi connectivity index (χ1n) is 14.3. The summed E-state index contributed by atoms with van der Waals surface area (Å²) in [5.74, 6) is -1.59. The van der Waals surface area contributed by atoms with Gasteiger partial charge in [0.25, 0.3) is 11.8 Å². The molecule has 2 amide bonds. The van der Waals surface area contributed by atoms with Crippen molar-refractivity contribution in [3.8, 4) is 5.88 Å². The number of nitrogens with one attached hydrogen (secondary N) is 1. The minimum Gasteiger partial charge on any atom is -0.471 e. The molecule has 0 radical (unpaired) electrons. The number of amides is 2. The zero-order chi connectivity index (χ0) is 30.6. The van der Waals surface area contributed by atoms with Crippen molar-refractivity contribution in [3.05, 3.63) is 59.3 Å². The molecule has 0 saturated carbocycles. The predicted molar refractivity (Wildman–Crippen MR) is 156 cm³/mol. The molecule has 3 aromatic heterocycles. The highest BCUT2D eigenvalue weighted by Crippen LogP contribution is 2.28. The van der Waals surface area contributed by atoms with Crippen molar-refractivity contribution in [2.24, 2.45) is 5.73 Å². The maximum atomic E-state index is 13.9. The van der Waals surface area contributed by atoms with Crippen LogP contribution in [0.15, 0.2) is 41.6 Å². The van der Waals surface area contributed by atoms with Gasteiger partial charge in [-0.05, 0) is 31.2 Å². The average molecular weight is 613 g/mol. The van der Waals surface area contributed by atoms with Crippen LogP contribution in [0.2, 0.25) is 0 Å². The fraction of sp³-hybridized carbons (Fsp3) is 0.464. The number of pyridine rings is 2. The van der Waals surface area contributed by atoms with Crippen LogP contribution in [-0.2, 0) is 27.7 Å². The Hall–Kier alpha value is -3.92. The van der Waals surface area contributed by atoms with E-state index in [2.05, 4.69) is 25.3 Å². The van der Waals surface area contributed by atoms with Crippen molar-refractivity contribution in [1.82, 2.24) is 29.0 Å². The van der Waals surface area contributed by atoms with Gasteiger partial charge in [0.15, 0.2) is 5.69 Å².